The van der Waals surface area contributed by atoms with Crippen molar-refractivity contribution in [1.29, 1.82) is 0 Å². The van der Waals surface area contributed by atoms with Crippen molar-refractivity contribution in [1.82, 2.24) is 9.97 Å². The van der Waals surface area contributed by atoms with E-state index in [4.69, 9.17) is 16.3 Å². The van der Waals surface area contributed by atoms with E-state index in [-0.39, 0.29) is 11.9 Å². The number of halogens is 1. The highest BCUT2D eigenvalue weighted by Crippen LogP contribution is 2.45. The van der Waals surface area contributed by atoms with Crippen LogP contribution in [0, 0.1) is 0 Å². The number of carbonyl (C=O) groups excluding carboxylic acids is 1. The lowest BCUT2D eigenvalue weighted by Crippen LogP contribution is -2.37. The monoisotopic (exact) mass is 330 g/mol. The number of para-hydroxylation sites is 1. The van der Waals surface area contributed by atoms with Gasteiger partial charge in [0, 0.05) is 18.8 Å². The van der Waals surface area contributed by atoms with E-state index in [1.807, 2.05) is 29.2 Å². The summed E-state index contributed by atoms with van der Waals surface area (Å²) in [6.45, 7) is 1.23. The number of aromatic nitrogens is 2. The first-order valence-electron chi connectivity index (χ1n) is 7.36. The highest BCUT2D eigenvalue weighted by molar-refractivity contribution is 6.32. The number of benzene rings is 1. The zero-order valence-electron chi connectivity index (χ0n) is 12.5. The van der Waals surface area contributed by atoms with Gasteiger partial charge in [-0.1, -0.05) is 29.8 Å². The Morgan fingerprint density at radius 1 is 1.39 bits per heavy atom. The summed E-state index contributed by atoms with van der Waals surface area (Å²) in [6.07, 6.45) is 2.24. The van der Waals surface area contributed by atoms with Crippen LogP contribution < -0.4 is 15.0 Å². The summed E-state index contributed by atoms with van der Waals surface area (Å²) in [5.74, 6) is 0.644. The molecule has 1 fully saturated rings. The zero-order valence-corrected chi connectivity index (χ0v) is 13.3. The Labute approximate surface area is 138 Å². The quantitative estimate of drug-likeness (QED) is 0.914. The van der Waals surface area contributed by atoms with E-state index in [1.54, 1.807) is 0 Å². The molecule has 0 radical (unpaired) electrons. The second-order valence-electron chi connectivity index (χ2n) is 5.78. The lowest BCUT2D eigenvalue weighted by Gasteiger charge is -2.23. The van der Waals surface area contributed by atoms with Crippen molar-refractivity contribution in [3.63, 3.8) is 0 Å². The Bertz CT molecular complexity index is 797. The maximum absolute atomic E-state index is 12.6. The molecule has 118 valence electrons. The fourth-order valence-corrected chi connectivity index (χ4v) is 3.64. The summed E-state index contributed by atoms with van der Waals surface area (Å²) < 4.78 is 5.08. The molecule has 7 heteroatoms. The van der Waals surface area contributed by atoms with E-state index in [0.717, 1.165) is 17.7 Å². The maximum atomic E-state index is 12.6. The Morgan fingerprint density at radius 2 is 2.22 bits per heavy atom. The molecule has 2 aromatic rings. The third-order valence-corrected chi connectivity index (χ3v) is 4.85. The molecule has 1 unspecified atom stereocenters. The van der Waals surface area contributed by atoms with Crippen LogP contribution in [0.2, 0.25) is 5.02 Å². The summed E-state index contributed by atoms with van der Waals surface area (Å²) in [5, 5.41) is 3.44. The average Bonchev–Trinajstić information content (AvgIpc) is 3.12. The van der Waals surface area contributed by atoms with Gasteiger partial charge in [-0.3, -0.25) is 4.79 Å². The molecule has 0 bridgehead atoms. The number of rotatable bonds is 2. The molecular formula is C16H15ClN4O2. The van der Waals surface area contributed by atoms with Gasteiger partial charge >= 0.3 is 6.01 Å². The van der Waals surface area contributed by atoms with E-state index >= 15 is 0 Å². The highest BCUT2D eigenvalue weighted by atomic mass is 35.5. The summed E-state index contributed by atoms with van der Waals surface area (Å²) in [6, 6.07) is 8.10. The first-order chi connectivity index (χ1) is 11.1. The van der Waals surface area contributed by atoms with Crippen LogP contribution in [0.1, 0.15) is 12.0 Å². The second kappa shape index (κ2) is 5.09. The molecule has 1 N–H and O–H groups in total. The molecular weight excluding hydrogens is 316 g/mol. The molecule has 1 aromatic carbocycles. The molecule has 23 heavy (non-hydrogen) atoms. The molecule has 2 aliphatic heterocycles. The minimum atomic E-state index is -0.544. The minimum absolute atomic E-state index is 0.0401. The molecule has 1 amide bonds. The summed E-state index contributed by atoms with van der Waals surface area (Å²) in [5.41, 5.74) is 1.40. The van der Waals surface area contributed by atoms with Crippen molar-refractivity contribution < 1.29 is 9.53 Å². The molecule has 1 atom stereocenters. The van der Waals surface area contributed by atoms with Gasteiger partial charge in [0.25, 0.3) is 0 Å². The number of fused-ring (bicyclic) bond motifs is 2. The van der Waals surface area contributed by atoms with Crippen molar-refractivity contribution in [2.45, 2.75) is 11.8 Å². The second-order valence-corrected chi connectivity index (χ2v) is 6.19. The molecule has 0 aliphatic carbocycles. The smallest absolute Gasteiger partial charge is 0.318 e. The first-order valence-corrected chi connectivity index (χ1v) is 7.74. The van der Waals surface area contributed by atoms with Crippen LogP contribution in [0.5, 0.6) is 6.01 Å². The van der Waals surface area contributed by atoms with E-state index in [1.165, 1.54) is 13.3 Å². The number of methoxy groups -OCH3 is 1. The van der Waals surface area contributed by atoms with Gasteiger partial charge < -0.3 is 15.0 Å². The number of hydrogen-bond donors (Lipinski definition) is 1. The molecule has 4 rings (SSSR count). The van der Waals surface area contributed by atoms with Crippen LogP contribution in [0.3, 0.4) is 0 Å². The van der Waals surface area contributed by atoms with E-state index in [2.05, 4.69) is 15.3 Å². The van der Waals surface area contributed by atoms with Gasteiger partial charge in [0.05, 0.1) is 18.7 Å². The topological polar surface area (TPSA) is 67.3 Å². The van der Waals surface area contributed by atoms with Crippen molar-refractivity contribution in [2.75, 3.05) is 30.4 Å². The average molecular weight is 331 g/mol. The summed E-state index contributed by atoms with van der Waals surface area (Å²) in [7, 11) is 1.51. The standard InChI is InChI=1S/C16H15ClN4O2/c1-23-15-18-8-11(17)13(20-15)21-7-6-16(9-21)10-4-2-3-5-12(10)19-14(16)22/h2-5,8H,6-7,9H2,1H3,(H,19,22). The van der Waals surface area contributed by atoms with Gasteiger partial charge in [-0.15, -0.1) is 0 Å². The fourth-order valence-electron chi connectivity index (χ4n) is 3.43. The number of anilines is 2. The summed E-state index contributed by atoms with van der Waals surface area (Å²) in [4.78, 5) is 23.0. The minimum Gasteiger partial charge on any atom is -0.467 e. The zero-order chi connectivity index (χ0) is 16.0. The van der Waals surface area contributed by atoms with Crippen LogP contribution in [0.15, 0.2) is 30.5 Å². The van der Waals surface area contributed by atoms with Crippen molar-refractivity contribution >= 4 is 29.0 Å². The van der Waals surface area contributed by atoms with Gasteiger partial charge in [-0.25, -0.2) is 4.98 Å². The third-order valence-electron chi connectivity index (χ3n) is 4.58. The van der Waals surface area contributed by atoms with Gasteiger partial charge in [0.2, 0.25) is 5.91 Å². The molecule has 1 spiro atoms. The van der Waals surface area contributed by atoms with Crippen LogP contribution in [-0.4, -0.2) is 36.1 Å². The van der Waals surface area contributed by atoms with Crippen LogP contribution in [-0.2, 0) is 10.2 Å². The van der Waals surface area contributed by atoms with Crippen molar-refractivity contribution in [2.24, 2.45) is 0 Å². The van der Waals surface area contributed by atoms with E-state index in [0.29, 0.717) is 23.9 Å². The molecule has 6 nitrogen and oxygen atoms in total. The number of ether oxygens (including phenoxy) is 1. The van der Waals surface area contributed by atoms with Crippen molar-refractivity contribution in [3.8, 4) is 6.01 Å². The van der Waals surface area contributed by atoms with Crippen LogP contribution in [0.4, 0.5) is 11.5 Å². The van der Waals surface area contributed by atoms with Gasteiger partial charge in [-0.05, 0) is 18.1 Å². The maximum Gasteiger partial charge on any atom is 0.318 e. The normalized spacial score (nSPS) is 22.3. The first kappa shape index (κ1) is 14.3. The third kappa shape index (κ3) is 2.05. The molecule has 0 saturated carbocycles. The highest BCUT2D eigenvalue weighted by Gasteiger charge is 2.51. The SMILES string of the molecule is COc1ncc(Cl)c(N2CCC3(C2)C(=O)Nc2ccccc23)n1. The lowest BCUT2D eigenvalue weighted by molar-refractivity contribution is -0.120. The largest absolute Gasteiger partial charge is 0.467 e. The Hall–Kier alpha value is -2.34. The predicted octanol–water partition coefficient (Wildman–Crippen LogP) is 2.24. The van der Waals surface area contributed by atoms with Gasteiger partial charge in [-0.2, -0.15) is 4.98 Å². The lowest BCUT2D eigenvalue weighted by atomic mass is 9.81. The Morgan fingerprint density at radius 3 is 3.04 bits per heavy atom. The fraction of sp³-hybridized carbons (Fsp3) is 0.312. The van der Waals surface area contributed by atoms with Crippen LogP contribution in [0.25, 0.3) is 0 Å². The summed E-state index contributed by atoms with van der Waals surface area (Å²) >= 11 is 6.24. The number of hydrogen-bond acceptors (Lipinski definition) is 5. The van der Waals surface area contributed by atoms with E-state index in [9.17, 15) is 4.79 Å². The predicted molar refractivity (Wildman–Crippen MR) is 87.2 cm³/mol. The molecule has 1 saturated heterocycles. The number of nitrogens with zero attached hydrogens (tertiary/aromatic N) is 3. The van der Waals surface area contributed by atoms with E-state index < -0.39 is 5.41 Å². The number of amides is 1. The number of carbonyl (C=O) groups is 1. The molecule has 3 heterocycles. The van der Waals surface area contributed by atoms with Crippen molar-refractivity contribution in [3.05, 3.63) is 41.0 Å². The molecule has 2 aliphatic rings. The van der Waals surface area contributed by atoms with Gasteiger partial charge in [0.15, 0.2) is 5.82 Å². The Kier molecular flexibility index (Phi) is 3.16. The van der Waals surface area contributed by atoms with Gasteiger partial charge in [0.1, 0.15) is 5.02 Å². The molecule has 1 aromatic heterocycles. The number of nitrogens with one attached hydrogen (secondary N) is 1. The Balaban J connectivity index is 1.71. The van der Waals surface area contributed by atoms with Crippen LogP contribution >= 0.6 is 11.6 Å².